The van der Waals surface area contributed by atoms with Gasteiger partial charge in [-0.3, -0.25) is 9.59 Å². The number of ether oxygens (including phenoxy) is 3. The summed E-state index contributed by atoms with van der Waals surface area (Å²) in [5, 5.41) is 1.76. The highest BCUT2D eigenvalue weighted by Crippen LogP contribution is 2.21. The van der Waals surface area contributed by atoms with E-state index < -0.39 is 17.9 Å². The van der Waals surface area contributed by atoms with Crippen molar-refractivity contribution in [1.82, 2.24) is 0 Å². The summed E-state index contributed by atoms with van der Waals surface area (Å²) < 4.78 is 15.0. The first-order valence-corrected chi connectivity index (χ1v) is 9.03. The second kappa shape index (κ2) is 9.71. The molecule has 0 aromatic heterocycles. The molecule has 6 nitrogen and oxygen atoms in total. The summed E-state index contributed by atoms with van der Waals surface area (Å²) in [7, 11) is 0. The number of esters is 3. The monoisotopic (exact) mass is 372 g/mol. The number of carbonyl (C=O) groups is 3. The quantitative estimate of drug-likeness (QED) is 0.402. The molecule has 0 aliphatic rings. The molecule has 0 radical (unpaired) electrons. The molecule has 2 aromatic rings. The van der Waals surface area contributed by atoms with Gasteiger partial charge in [-0.05, 0) is 55.7 Å². The molecule has 6 heteroatoms. The Labute approximate surface area is 158 Å². The maximum absolute atomic E-state index is 12.1. The first-order chi connectivity index (χ1) is 13.0. The first kappa shape index (κ1) is 20.4. The molecule has 0 fully saturated rings. The second-order valence-electron chi connectivity index (χ2n) is 5.88. The Bertz CT molecular complexity index is 809. The lowest BCUT2D eigenvalue weighted by molar-refractivity contribution is -0.161. The van der Waals surface area contributed by atoms with Gasteiger partial charge >= 0.3 is 17.9 Å². The minimum Gasteiger partial charge on any atom is -0.465 e. The van der Waals surface area contributed by atoms with E-state index in [4.69, 9.17) is 14.2 Å². The molecular weight excluding hydrogens is 348 g/mol. The zero-order chi connectivity index (χ0) is 19.8. The number of rotatable bonds is 8. The lowest BCUT2D eigenvalue weighted by atomic mass is 9.96. The molecule has 0 saturated heterocycles. The van der Waals surface area contributed by atoms with Crippen LogP contribution in [-0.4, -0.2) is 37.7 Å². The van der Waals surface area contributed by atoms with E-state index in [0.717, 1.165) is 16.3 Å². The van der Waals surface area contributed by atoms with E-state index in [0.29, 0.717) is 12.2 Å². The van der Waals surface area contributed by atoms with Crippen molar-refractivity contribution in [3.8, 4) is 0 Å². The third-order valence-corrected chi connectivity index (χ3v) is 4.00. The molecule has 0 atom stereocenters. The van der Waals surface area contributed by atoms with Crippen molar-refractivity contribution in [2.75, 3.05) is 19.8 Å². The summed E-state index contributed by atoms with van der Waals surface area (Å²) in [6.45, 7) is 5.86. The van der Waals surface area contributed by atoms with Crippen LogP contribution in [0.4, 0.5) is 0 Å². The Morgan fingerprint density at radius 1 is 0.778 bits per heavy atom. The van der Waals surface area contributed by atoms with E-state index in [9.17, 15) is 14.4 Å². The van der Waals surface area contributed by atoms with Crippen molar-refractivity contribution in [3.63, 3.8) is 0 Å². The standard InChI is InChI=1S/C21H24O6/c1-4-25-19(22)17-10-9-15-11-14(7-8-16(15)13-17)12-18(20(23)26-5-2)21(24)27-6-3/h7-11,13,18H,4-6,12H2,1-3H3. The molecular formula is C21H24O6. The van der Waals surface area contributed by atoms with E-state index >= 15 is 0 Å². The highest BCUT2D eigenvalue weighted by Gasteiger charge is 2.29. The molecule has 0 saturated carbocycles. The van der Waals surface area contributed by atoms with Gasteiger partial charge in [-0.15, -0.1) is 0 Å². The topological polar surface area (TPSA) is 78.9 Å². The van der Waals surface area contributed by atoms with Crippen LogP contribution in [0.1, 0.15) is 36.7 Å². The van der Waals surface area contributed by atoms with Crippen LogP contribution in [0.15, 0.2) is 36.4 Å². The van der Waals surface area contributed by atoms with Crippen molar-refractivity contribution in [3.05, 3.63) is 47.5 Å². The van der Waals surface area contributed by atoms with Crippen LogP contribution in [0.3, 0.4) is 0 Å². The van der Waals surface area contributed by atoms with E-state index in [1.807, 2.05) is 24.3 Å². The van der Waals surface area contributed by atoms with Crippen LogP contribution in [0, 0.1) is 5.92 Å². The minimum absolute atomic E-state index is 0.188. The van der Waals surface area contributed by atoms with E-state index in [2.05, 4.69) is 0 Å². The predicted molar refractivity (Wildman–Crippen MR) is 100 cm³/mol. The highest BCUT2D eigenvalue weighted by atomic mass is 16.6. The molecule has 0 amide bonds. The normalized spacial score (nSPS) is 10.7. The lowest BCUT2D eigenvalue weighted by Crippen LogP contribution is -2.30. The smallest absolute Gasteiger partial charge is 0.338 e. The maximum atomic E-state index is 12.1. The summed E-state index contributed by atoms with van der Waals surface area (Å²) in [5.74, 6) is -2.54. The van der Waals surface area contributed by atoms with Crippen LogP contribution in [0.2, 0.25) is 0 Å². The molecule has 0 aliphatic carbocycles. The van der Waals surface area contributed by atoms with Crippen molar-refractivity contribution in [2.45, 2.75) is 27.2 Å². The van der Waals surface area contributed by atoms with Gasteiger partial charge in [-0.2, -0.15) is 0 Å². The predicted octanol–water partition coefficient (Wildman–Crippen LogP) is 3.30. The van der Waals surface area contributed by atoms with Gasteiger partial charge in [0.15, 0.2) is 5.92 Å². The van der Waals surface area contributed by atoms with Gasteiger partial charge in [0.05, 0.1) is 25.4 Å². The molecule has 0 N–H and O–H groups in total. The van der Waals surface area contributed by atoms with Gasteiger partial charge in [0.1, 0.15) is 0 Å². The summed E-state index contributed by atoms with van der Waals surface area (Å²) >= 11 is 0. The van der Waals surface area contributed by atoms with Gasteiger partial charge in [-0.25, -0.2) is 4.79 Å². The van der Waals surface area contributed by atoms with Gasteiger partial charge in [0, 0.05) is 0 Å². The number of fused-ring (bicyclic) bond motifs is 1. The number of benzene rings is 2. The summed E-state index contributed by atoms with van der Waals surface area (Å²) in [6, 6.07) is 10.8. The number of hydrogen-bond donors (Lipinski definition) is 0. The van der Waals surface area contributed by atoms with Gasteiger partial charge in [-0.1, -0.05) is 24.3 Å². The van der Waals surface area contributed by atoms with E-state index in [-0.39, 0.29) is 25.6 Å². The van der Waals surface area contributed by atoms with Crippen LogP contribution < -0.4 is 0 Å². The molecule has 0 heterocycles. The zero-order valence-corrected chi connectivity index (χ0v) is 15.8. The summed E-state index contributed by atoms with van der Waals surface area (Å²) in [5.41, 5.74) is 1.28. The zero-order valence-electron chi connectivity index (χ0n) is 15.8. The van der Waals surface area contributed by atoms with Gasteiger partial charge < -0.3 is 14.2 Å². The Morgan fingerprint density at radius 3 is 1.93 bits per heavy atom. The Balaban J connectivity index is 2.26. The second-order valence-corrected chi connectivity index (χ2v) is 5.88. The largest absolute Gasteiger partial charge is 0.465 e. The number of carbonyl (C=O) groups excluding carboxylic acids is 3. The fraction of sp³-hybridized carbons (Fsp3) is 0.381. The van der Waals surface area contributed by atoms with Crippen LogP contribution in [-0.2, 0) is 30.2 Å². The van der Waals surface area contributed by atoms with Crippen molar-refractivity contribution < 1.29 is 28.6 Å². The Kier molecular flexibility index (Phi) is 7.34. The lowest BCUT2D eigenvalue weighted by Gasteiger charge is -2.15. The van der Waals surface area contributed by atoms with Gasteiger partial charge in [0.25, 0.3) is 0 Å². The minimum atomic E-state index is -0.999. The first-order valence-electron chi connectivity index (χ1n) is 9.03. The molecule has 144 valence electrons. The van der Waals surface area contributed by atoms with E-state index in [1.165, 1.54) is 0 Å². The molecule has 0 spiro atoms. The maximum Gasteiger partial charge on any atom is 0.338 e. The van der Waals surface area contributed by atoms with Crippen LogP contribution in [0.25, 0.3) is 10.8 Å². The molecule has 0 bridgehead atoms. The van der Waals surface area contributed by atoms with Crippen molar-refractivity contribution in [1.29, 1.82) is 0 Å². The van der Waals surface area contributed by atoms with Crippen LogP contribution in [0.5, 0.6) is 0 Å². The molecule has 2 aromatic carbocycles. The fourth-order valence-electron chi connectivity index (χ4n) is 2.75. The molecule has 0 unspecified atom stereocenters. The molecule has 27 heavy (non-hydrogen) atoms. The van der Waals surface area contributed by atoms with Crippen LogP contribution >= 0.6 is 0 Å². The van der Waals surface area contributed by atoms with Crippen molar-refractivity contribution >= 4 is 28.7 Å². The molecule has 2 rings (SSSR count). The fourth-order valence-corrected chi connectivity index (χ4v) is 2.75. The molecule has 0 aliphatic heterocycles. The summed E-state index contributed by atoms with van der Waals surface area (Å²) in [4.78, 5) is 36.1. The third-order valence-electron chi connectivity index (χ3n) is 4.00. The van der Waals surface area contributed by atoms with Crippen molar-refractivity contribution in [2.24, 2.45) is 5.92 Å². The highest BCUT2D eigenvalue weighted by molar-refractivity contribution is 5.96. The number of hydrogen-bond acceptors (Lipinski definition) is 6. The summed E-state index contributed by atoms with van der Waals surface area (Å²) in [6.07, 6.45) is 0.188. The average Bonchev–Trinajstić information content (AvgIpc) is 2.66. The Morgan fingerprint density at radius 2 is 1.33 bits per heavy atom. The Hall–Kier alpha value is -2.89. The SMILES string of the molecule is CCOC(=O)c1ccc2cc(CC(C(=O)OCC)C(=O)OCC)ccc2c1. The average molecular weight is 372 g/mol. The van der Waals surface area contributed by atoms with E-state index in [1.54, 1.807) is 32.9 Å². The van der Waals surface area contributed by atoms with Gasteiger partial charge in [0.2, 0.25) is 0 Å². The third kappa shape index (κ3) is 5.29.